The molecule has 0 aromatic rings. The average molecular weight is 299 g/mol. The number of carboxylic acids is 1. The number of carboxylic acid groups (broad SMARTS) is 1. The lowest BCUT2D eigenvalue weighted by atomic mass is 9.84. The fraction of sp³-hybridized carbons (Fsp3) is 0.882. The van der Waals surface area contributed by atoms with Gasteiger partial charge in [-0.25, -0.2) is 0 Å². The van der Waals surface area contributed by atoms with Crippen LogP contribution in [0.1, 0.15) is 74.1 Å². The molecule has 0 fully saturated rings. The number of aliphatic carboxylic acids is 1. The molecule has 21 heavy (non-hydrogen) atoms. The maximum absolute atomic E-state index is 12.1. The smallest absolute Gasteiger partial charge is 0.305 e. The molecule has 0 aromatic carbocycles. The van der Waals surface area contributed by atoms with Crippen molar-refractivity contribution < 1.29 is 14.7 Å². The van der Waals surface area contributed by atoms with Gasteiger partial charge in [0.1, 0.15) is 0 Å². The van der Waals surface area contributed by atoms with E-state index in [0.717, 1.165) is 6.42 Å². The van der Waals surface area contributed by atoms with Gasteiger partial charge >= 0.3 is 5.97 Å². The molecule has 0 saturated carbocycles. The first-order chi connectivity index (χ1) is 9.28. The third kappa shape index (κ3) is 12.4. The molecule has 0 bridgehead atoms. The summed E-state index contributed by atoms with van der Waals surface area (Å²) < 4.78 is 0. The highest BCUT2D eigenvalue weighted by atomic mass is 16.4. The number of amides is 1. The van der Waals surface area contributed by atoms with Crippen molar-refractivity contribution in [3.63, 3.8) is 0 Å². The maximum atomic E-state index is 12.1. The Balaban J connectivity index is 4.49. The van der Waals surface area contributed by atoms with Crippen molar-refractivity contribution in [1.82, 2.24) is 5.32 Å². The Bertz CT molecular complexity index is 350. The molecule has 0 heterocycles. The van der Waals surface area contributed by atoms with E-state index in [1.165, 1.54) is 0 Å². The molecule has 0 spiro atoms. The van der Waals surface area contributed by atoms with Crippen molar-refractivity contribution in [2.45, 2.75) is 80.2 Å². The van der Waals surface area contributed by atoms with Gasteiger partial charge in [-0.1, -0.05) is 48.5 Å². The van der Waals surface area contributed by atoms with Gasteiger partial charge in [0.15, 0.2) is 0 Å². The summed E-state index contributed by atoms with van der Waals surface area (Å²) in [6.07, 6.45) is 2.08. The molecule has 124 valence electrons. The van der Waals surface area contributed by atoms with Gasteiger partial charge in [-0.3, -0.25) is 9.59 Å². The summed E-state index contributed by atoms with van der Waals surface area (Å²) in [5, 5.41) is 11.9. The van der Waals surface area contributed by atoms with E-state index in [0.29, 0.717) is 18.8 Å². The predicted molar refractivity (Wildman–Crippen MR) is 86.1 cm³/mol. The van der Waals surface area contributed by atoms with Crippen molar-refractivity contribution in [3.8, 4) is 0 Å². The lowest BCUT2D eigenvalue weighted by Crippen LogP contribution is -2.39. The topological polar surface area (TPSA) is 66.4 Å². The van der Waals surface area contributed by atoms with Gasteiger partial charge in [-0.2, -0.15) is 0 Å². The minimum absolute atomic E-state index is 0.00950. The van der Waals surface area contributed by atoms with Crippen LogP contribution in [-0.2, 0) is 9.59 Å². The number of carbonyl (C=O) groups excluding carboxylic acids is 1. The van der Waals surface area contributed by atoms with Crippen molar-refractivity contribution in [3.05, 3.63) is 0 Å². The quantitative estimate of drug-likeness (QED) is 0.750. The van der Waals surface area contributed by atoms with Crippen LogP contribution < -0.4 is 5.32 Å². The highest BCUT2D eigenvalue weighted by molar-refractivity contribution is 5.77. The lowest BCUT2D eigenvalue weighted by Gasteiger charge is -2.27. The average Bonchev–Trinajstić information content (AvgIpc) is 2.07. The van der Waals surface area contributed by atoms with Crippen LogP contribution in [-0.4, -0.2) is 23.0 Å². The van der Waals surface area contributed by atoms with Crippen molar-refractivity contribution in [2.24, 2.45) is 16.7 Å². The maximum Gasteiger partial charge on any atom is 0.305 e. The van der Waals surface area contributed by atoms with Gasteiger partial charge < -0.3 is 10.4 Å². The monoisotopic (exact) mass is 299 g/mol. The zero-order valence-corrected chi connectivity index (χ0v) is 14.7. The molecule has 0 aliphatic heterocycles. The van der Waals surface area contributed by atoms with E-state index in [-0.39, 0.29) is 29.2 Å². The van der Waals surface area contributed by atoms with Crippen LogP contribution in [0.3, 0.4) is 0 Å². The molecule has 0 saturated heterocycles. The molecule has 2 atom stereocenters. The van der Waals surface area contributed by atoms with Gasteiger partial charge in [0.25, 0.3) is 0 Å². The van der Waals surface area contributed by atoms with E-state index in [9.17, 15) is 9.59 Å². The number of hydrogen-bond acceptors (Lipinski definition) is 2. The van der Waals surface area contributed by atoms with E-state index < -0.39 is 5.97 Å². The molecule has 0 aliphatic carbocycles. The van der Waals surface area contributed by atoms with Crippen molar-refractivity contribution in [1.29, 1.82) is 0 Å². The van der Waals surface area contributed by atoms with Crippen LogP contribution in [0.4, 0.5) is 0 Å². The third-order valence-electron chi connectivity index (χ3n) is 3.14. The van der Waals surface area contributed by atoms with E-state index >= 15 is 0 Å². The first-order valence-corrected chi connectivity index (χ1v) is 7.80. The first kappa shape index (κ1) is 19.9. The second-order valence-corrected chi connectivity index (χ2v) is 8.70. The zero-order valence-electron chi connectivity index (χ0n) is 14.7. The highest BCUT2D eigenvalue weighted by Gasteiger charge is 2.24. The molecule has 2 unspecified atom stereocenters. The fourth-order valence-electron chi connectivity index (χ4n) is 2.84. The zero-order chi connectivity index (χ0) is 16.8. The normalized spacial score (nSPS) is 15.4. The van der Waals surface area contributed by atoms with E-state index in [1.807, 2.05) is 0 Å². The summed E-state index contributed by atoms with van der Waals surface area (Å²) in [5.41, 5.74) is 0.190. The third-order valence-corrected chi connectivity index (χ3v) is 3.14. The second-order valence-electron chi connectivity index (χ2n) is 8.70. The minimum atomic E-state index is -0.868. The van der Waals surface area contributed by atoms with Crippen LogP contribution in [0, 0.1) is 16.7 Å². The Morgan fingerprint density at radius 1 is 0.952 bits per heavy atom. The van der Waals surface area contributed by atoms with Crippen LogP contribution in [0.5, 0.6) is 0 Å². The van der Waals surface area contributed by atoms with Crippen LogP contribution in [0.15, 0.2) is 0 Å². The van der Waals surface area contributed by atoms with Crippen molar-refractivity contribution in [2.75, 3.05) is 0 Å². The molecule has 4 nitrogen and oxygen atoms in total. The van der Waals surface area contributed by atoms with Gasteiger partial charge in [-0.05, 0) is 29.6 Å². The predicted octanol–water partition coefficient (Wildman–Crippen LogP) is 3.84. The minimum Gasteiger partial charge on any atom is -0.481 e. The van der Waals surface area contributed by atoms with Gasteiger partial charge in [0, 0.05) is 12.5 Å². The number of hydrogen-bond donors (Lipinski definition) is 2. The molecule has 0 rings (SSSR count). The molecule has 1 amide bonds. The summed E-state index contributed by atoms with van der Waals surface area (Å²) in [6, 6.07) is -0.295. The Morgan fingerprint density at radius 2 is 1.43 bits per heavy atom. The molecular weight excluding hydrogens is 266 g/mol. The molecule has 2 N–H and O–H groups in total. The fourth-order valence-corrected chi connectivity index (χ4v) is 2.84. The van der Waals surface area contributed by atoms with Gasteiger partial charge in [0.05, 0.1) is 6.42 Å². The number of carbonyl (C=O) groups is 2. The van der Waals surface area contributed by atoms with Crippen LogP contribution >= 0.6 is 0 Å². The lowest BCUT2D eigenvalue weighted by molar-refractivity contribution is -0.137. The highest BCUT2D eigenvalue weighted by Crippen LogP contribution is 2.26. The molecule has 0 aliphatic rings. The summed E-state index contributed by atoms with van der Waals surface area (Å²) >= 11 is 0. The van der Waals surface area contributed by atoms with Gasteiger partial charge in [0.2, 0.25) is 5.91 Å². The standard InChI is InChI=1S/C17H33NO3/c1-12(10-16(2,3)4)8-14(19)18-13(9-15(20)21)11-17(5,6)7/h12-13H,8-11H2,1-7H3,(H,18,19)(H,20,21). The molecule has 0 radical (unpaired) electrons. The van der Waals surface area contributed by atoms with Crippen LogP contribution in [0.25, 0.3) is 0 Å². The summed E-state index contributed by atoms with van der Waals surface area (Å²) in [6.45, 7) is 14.7. The number of rotatable bonds is 7. The molecular formula is C17H33NO3. The number of nitrogens with one attached hydrogen (secondary N) is 1. The van der Waals surface area contributed by atoms with E-state index in [4.69, 9.17) is 5.11 Å². The van der Waals surface area contributed by atoms with E-state index in [1.54, 1.807) is 0 Å². The van der Waals surface area contributed by atoms with E-state index in [2.05, 4.69) is 53.8 Å². The summed E-state index contributed by atoms with van der Waals surface area (Å²) in [4.78, 5) is 23.0. The Morgan fingerprint density at radius 3 is 1.81 bits per heavy atom. The Hall–Kier alpha value is -1.06. The first-order valence-electron chi connectivity index (χ1n) is 7.80. The molecule has 0 aromatic heterocycles. The van der Waals surface area contributed by atoms with Crippen LogP contribution in [0.2, 0.25) is 0 Å². The summed E-state index contributed by atoms with van der Waals surface area (Å²) in [7, 11) is 0. The second kappa shape index (κ2) is 7.81. The largest absolute Gasteiger partial charge is 0.481 e. The SMILES string of the molecule is CC(CC(=O)NC(CC(=O)O)CC(C)(C)C)CC(C)(C)C. The molecule has 4 heteroatoms. The van der Waals surface area contributed by atoms with Crippen molar-refractivity contribution >= 4 is 11.9 Å². The summed E-state index contributed by atoms with van der Waals surface area (Å²) in [5.74, 6) is -0.611. The Kier molecular flexibility index (Phi) is 7.41. The van der Waals surface area contributed by atoms with Gasteiger partial charge in [-0.15, -0.1) is 0 Å². The Labute approximate surface area is 129 Å².